The van der Waals surface area contributed by atoms with Crippen molar-refractivity contribution in [2.45, 2.75) is 13.0 Å². The second kappa shape index (κ2) is 9.72. The van der Waals surface area contributed by atoms with Crippen molar-refractivity contribution in [1.82, 2.24) is 10.9 Å². The fourth-order valence-electron chi connectivity index (χ4n) is 1.96. The van der Waals surface area contributed by atoms with Crippen molar-refractivity contribution in [3.05, 3.63) is 74.3 Å². The maximum absolute atomic E-state index is 12.0. The molecule has 2 aromatic carbocycles. The quantitative estimate of drug-likeness (QED) is 0.419. The lowest BCUT2D eigenvalue weighted by molar-refractivity contribution is -0.384. The number of hydrogen-bond acceptors (Lipinski definition) is 5. The van der Waals surface area contributed by atoms with Gasteiger partial charge in [0.1, 0.15) is 5.75 Å². The summed E-state index contributed by atoms with van der Waals surface area (Å²) in [4.78, 5) is 33.8. The van der Waals surface area contributed by atoms with E-state index in [4.69, 9.17) is 27.9 Å². The molecular formula is C18H15Cl2N3O5. The number of ether oxygens (including phenoxy) is 1. The number of halogens is 2. The maximum atomic E-state index is 12.0. The first kappa shape index (κ1) is 21.2. The van der Waals surface area contributed by atoms with Crippen molar-refractivity contribution in [2.24, 2.45) is 0 Å². The number of benzene rings is 2. The number of nitrogens with zero attached hydrogens (tertiary/aromatic N) is 1. The van der Waals surface area contributed by atoms with E-state index in [2.05, 4.69) is 10.9 Å². The van der Waals surface area contributed by atoms with E-state index in [-0.39, 0.29) is 16.5 Å². The van der Waals surface area contributed by atoms with Crippen LogP contribution in [0.3, 0.4) is 0 Å². The molecule has 0 aliphatic heterocycles. The van der Waals surface area contributed by atoms with E-state index in [9.17, 15) is 19.7 Å². The molecule has 0 fully saturated rings. The molecule has 0 aromatic heterocycles. The first-order valence-corrected chi connectivity index (χ1v) is 8.66. The zero-order chi connectivity index (χ0) is 20.7. The molecular weight excluding hydrogens is 409 g/mol. The van der Waals surface area contributed by atoms with Crippen LogP contribution in [0.25, 0.3) is 6.08 Å². The Bertz CT molecular complexity index is 916. The fraction of sp³-hybridized carbons (Fsp3) is 0.111. The Balaban J connectivity index is 1.83. The normalized spacial score (nSPS) is 11.7. The van der Waals surface area contributed by atoms with Crippen LogP contribution in [0, 0.1) is 10.1 Å². The summed E-state index contributed by atoms with van der Waals surface area (Å²) in [6, 6.07) is 10.2. The molecule has 0 bridgehead atoms. The fourth-order valence-corrected chi connectivity index (χ4v) is 2.41. The van der Waals surface area contributed by atoms with Gasteiger partial charge in [-0.15, -0.1) is 0 Å². The van der Waals surface area contributed by atoms with E-state index < -0.39 is 22.8 Å². The van der Waals surface area contributed by atoms with Gasteiger partial charge in [-0.05, 0) is 48.9 Å². The number of non-ortho nitro benzene ring substituents is 1. The molecule has 0 saturated heterocycles. The summed E-state index contributed by atoms with van der Waals surface area (Å²) in [5.41, 5.74) is 4.96. The zero-order valence-corrected chi connectivity index (χ0v) is 16.0. The first-order valence-electron chi connectivity index (χ1n) is 7.90. The molecule has 8 nitrogen and oxygen atoms in total. The van der Waals surface area contributed by atoms with E-state index in [1.807, 2.05) is 0 Å². The highest BCUT2D eigenvalue weighted by atomic mass is 35.5. The standard InChI is InChI=1S/C18H15Cl2N3O5/c1-11(28-16-8-5-13(19)10-15(16)20)18(25)22-21-17(24)9-4-12-2-6-14(7-3-12)23(26)27/h2-11H,1H3,(H,21,24)(H,22,25)/b9-4+. The van der Waals surface area contributed by atoms with Crippen LogP contribution < -0.4 is 15.6 Å². The molecule has 0 aliphatic rings. The molecule has 2 aromatic rings. The van der Waals surface area contributed by atoms with E-state index in [1.165, 1.54) is 55.5 Å². The molecule has 2 N–H and O–H groups in total. The van der Waals surface area contributed by atoms with E-state index in [0.29, 0.717) is 10.6 Å². The van der Waals surface area contributed by atoms with Crippen molar-refractivity contribution in [1.29, 1.82) is 0 Å². The Kier molecular flexibility index (Phi) is 7.36. The highest BCUT2D eigenvalue weighted by Gasteiger charge is 2.16. The average Bonchev–Trinajstić information content (AvgIpc) is 2.66. The van der Waals surface area contributed by atoms with Gasteiger partial charge >= 0.3 is 0 Å². The lowest BCUT2D eigenvalue weighted by Gasteiger charge is -2.15. The summed E-state index contributed by atoms with van der Waals surface area (Å²) in [7, 11) is 0. The molecule has 2 amide bonds. The summed E-state index contributed by atoms with van der Waals surface area (Å²) >= 11 is 11.8. The summed E-state index contributed by atoms with van der Waals surface area (Å²) in [6.07, 6.45) is 1.68. The van der Waals surface area contributed by atoms with Crippen LogP contribution in [0.5, 0.6) is 5.75 Å². The number of nitrogens with one attached hydrogen (secondary N) is 2. The number of carbonyl (C=O) groups excluding carboxylic acids is 2. The average molecular weight is 424 g/mol. The van der Waals surface area contributed by atoms with Crippen LogP contribution in [0.1, 0.15) is 12.5 Å². The highest BCUT2D eigenvalue weighted by Crippen LogP contribution is 2.28. The van der Waals surface area contributed by atoms with Crippen LogP contribution in [-0.4, -0.2) is 22.8 Å². The lowest BCUT2D eigenvalue weighted by Crippen LogP contribution is -2.46. The topological polar surface area (TPSA) is 111 Å². The SMILES string of the molecule is CC(Oc1ccc(Cl)cc1Cl)C(=O)NNC(=O)/C=C/c1ccc([N+](=O)[O-])cc1. The number of nitro benzene ring substituents is 1. The van der Waals surface area contributed by atoms with Crippen molar-refractivity contribution in [3.63, 3.8) is 0 Å². The second-order valence-electron chi connectivity index (χ2n) is 5.50. The number of hydrogen-bond donors (Lipinski definition) is 2. The predicted octanol–water partition coefficient (Wildman–Crippen LogP) is 3.53. The van der Waals surface area contributed by atoms with Gasteiger partial charge in [0, 0.05) is 23.2 Å². The third kappa shape index (κ3) is 6.26. The molecule has 10 heteroatoms. The number of hydrazine groups is 1. The molecule has 2 rings (SSSR count). The monoisotopic (exact) mass is 423 g/mol. The van der Waals surface area contributed by atoms with E-state index >= 15 is 0 Å². The third-order valence-corrected chi connectivity index (χ3v) is 3.94. The number of carbonyl (C=O) groups is 2. The predicted molar refractivity (Wildman–Crippen MR) is 105 cm³/mol. The summed E-state index contributed by atoms with van der Waals surface area (Å²) in [5, 5.41) is 11.3. The molecule has 0 aliphatic carbocycles. The minimum absolute atomic E-state index is 0.0522. The number of amides is 2. The Morgan fingerprint density at radius 3 is 2.43 bits per heavy atom. The molecule has 1 atom stereocenters. The van der Waals surface area contributed by atoms with Gasteiger partial charge in [0.15, 0.2) is 6.10 Å². The molecule has 0 spiro atoms. The minimum Gasteiger partial charge on any atom is -0.479 e. The minimum atomic E-state index is -0.933. The second-order valence-corrected chi connectivity index (χ2v) is 6.34. The molecule has 0 heterocycles. The Morgan fingerprint density at radius 2 is 1.82 bits per heavy atom. The Hall–Kier alpha value is -3.10. The van der Waals surface area contributed by atoms with Gasteiger partial charge in [0.25, 0.3) is 17.5 Å². The van der Waals surface area contributed by atoms with Gasteiger partial charge in [-0.1, -0.05) is 23.2 Å². The first-order chi connectivity index (χ1) is 13.3. The van der Waals surface area contributed by atoms with E-state index in [1.54, 1.807) is 6.07 Å². The van der Waals surface area contributed by atoms with Crippen molar-refractivity contribution < 1.29 is 19.2 Å². The lowest BCUT2D eigenvalue weighted by atomic mass is 10.2. The molecule has 1 unspecified atom stereocenters. The third-order valence-electron chi connectivity index (χ3n) is 3.41. The van der Waals surface area contributed by atoms with Crippen molar-refractivity contribution >= 4 is 46.8 Å². The van der Waals surface area contributed by atoms with Gasteiger partial charge in [-0.25, -0.2) is 0 Å². The van der Waals surface area contributed by atoms with Gasteiger partial charge in [0.2, 0.25) is 0 Å². The van der Waals surface area contributed by atoms with Crippen LogP contribution in [0.15, 0.2) is 48.5 Å². The van der Waals surface area contributed by atoms with Crippen molar-refractivity contribution in [3.8, 4) is 5.75 Å². The van der Waals surface area contributed by atoms with Gasteiger partial charge < -0.3 is 4.74 Å². The summed E-state index contributed by atoms with van der Waals surface area (Å²) < 4.78 is 5.43. The molecule has 146 valence electrons. The highest BCUT2D eigenvalue weighted by molar-refractivity contribution is 6.35. The number of rotatable bonds is 6. The molecule has 28 heavy (non-hydrogen) atoms. The summed E-state index contributed by atoms with van der Waals surface area (Å²) in [5.74, 6) is -0.912. The van der Waals surface area contributed by atoms with Gasteiger partial charge in [-0.3, -0.25) is 30.6 Å². The van der Waals surface area contributed by atoms with Gasteiger partial charge in [0.05, 0.1) is 9.95 Å². The Labute approximate surface area is 170 Å². The molecule has 0 saturated carbocycles. The number of nitro groups is 1. The Morgan fingerprint density at radius 1 is 1.14 bits per heavy atom. The van der Waals surface area contributed by atoms with Crippen LogP contribution in [-0.2, 0) is 9.59 Å². The zero-order valence-electron chi connectivity index (χ0n) is 14.5. The molecule has 0 radical (unpaired) electrons. The maximum Gasteiger partial charge on any atom is 0.279 e. The van der Waals surface area contributed by atoms with Crippen molar-refractivity contribution in [2.75, 3.05) is 0 Å². The van der Waals surface area contributed by atoms with E-state index in [0.717, 1.165) is 0 Å². The van der Waals surface area contributed by atoms with Gasteiger partial charge in [-0.2, -0.15) is 0 Å². The largest absolute Gasteiger partial charge is 0.479 e. The summed E-state index contributed by atoms with van der Waals surface area (Å²) in [6.45, 7) is 1.49. The van der Waals surface area contributed by atoms with Crippen LogP contribution in [0.4, 0.5) is 5.69 Å². The van der Waals surface area contributed by atoms with Crippen LogP contribution >= 0.6 is 23.2 Å². The van der Waals surface area contributed by atoms with Crippen LogP contribution in [0.2, 0.25) is 10.0 Å². The smallest absolute Gasteiger partial charge is 0.279 e.